The molecule has 0 unspecified atom stereocenters. The summed E-state index contributed by atoms with van der Waals surface area (Å²) in [7, 11) is 0. The van der Waals surface area contributed by atoms with Gasteiger partial charge in [0, 0.05) is 24.1 Å². The van der Waals surface area contributed by atoms with Crippen LogP contribution in [0.25, 0.3) is 0 Å². The Morgan fingerprint density at radius 3 is 3.55 bits per heavy atom. The largest absolute Gasteiger partial charge is 0.260 e. The van der Waals surface area contributed by atoms with Crippen molar-refractivity contribution < 1.29 is 0 Å². The Morgan fingerprint density at radius 2 is 2.55 bits per heavy atom. The predicted octanol–water partition coefficient (Wildman–Crippen LogP) is 0.739. The zero-order chi connectivity index (χ0) is 7.52. The van der Waals surface area contributed by atoms with Crippen molar-refractivity contribution in [2.75, 3.05) is 6.54 Å². The van der Waals surface area contributed by atoms with Gasteiger partial charge in [0.05, 0.1) is 5.69 Å². The summed E-state index contributed by atoms with van der Waals surface area (Å²) in [5.74, 6) is 0. The SMILES string of the molecule is c1cnc2c(c1)SNNCC2. The Balaban J connectivity index is 2.33. The van der Waals surface area contributed by atoms with Crippen molar-refractivity contribution in [3.63, 3.8) is 0 Å². The van der Waals surface area contributed by atoms with E-state index in [0.29, 0.717) is 0 Å². The van der Waals surface area contributed by atoms with Crippen molar-refractivity contribution >= 4 is 11.9 Å². The van der Waals surface area contributed by atoms with Gasteiger partial charge in [0.15, 0.2) is 0 Å². The van der Waals surface area contributed by atoms with Gasteiger partial charge < -0.3 is 0 Å². The highest BCUT2D eigenvalue weighted by Gasteiger charge is 2.06. The fourth-order valence-electron chi connectivity index (χ4n) is 1.03. The Kier molecular flexibility index (Phi) is 2.07. The number of pyridine rings is 1. The number of fused-ring (bicyclic) bond motifs is 1. The Labute approximate surface area is 69.7 Å². The van der Waals surface area contributed by atoms with Gasteiger partial charge in [-0.25, -0.2) is 5.43 Å². The van der Waals surface area contributed by atoms with Gasteiger partial charge in [-0.3, -0.25) is 4.98 Å². The molecule has 0 radical (unpaired) electrons. The van der Waals surface area contributed by atoms with E-state index in [1.807, 2.05) is 12.3 Å². The molecular formula is C7H9N3S. The molecule has 0 aromatic carbocycles. The molecule has 0 saturated heterocycles. The molecule has 2 heterocycles. The third kappa shape index (κ3) is 1.53. The van der Waals surface area contributed by atoms with Gasteiger partial charge in [-0.1, -0.05) is 0 Å². The van der Waals surface area contributed by atoms with Gasteiger partial charge in [0.2, 0.25) is 0 Å². The van der Waals surface area contributed by atoms with E-state index >= 15 is 0 Å². The van der Waals surface area contributed by atoms with Crippen molar-refractivity contribution in [1.82, 2.24) is 15.2 Å². The van der Waals surface area contributed by atoms with Crippen molar-refractivity contribution in [3.05, 3.63) is 24.0 Å². The molecule has 11 heavy (non-hydrogen) atoms. The molecule has 4 heteroatoms. The van der Waals surface area contributed by atoms with Gasteiger partial charge in [0.1, 0.15) is 0 Å². The van der Waals surface area contributed by atoms with Crippen LogP contribution in [0.4, 0.5) is 0 Å². The molecule has 2 N–H and O–H groups in total. The minimum absolute atomic E-state index is 0.941. The molecule has 0 amide bonds. The molecule has 0 spiro atoms. The first kappa shape index (κ1) is 7.09. The number of nitrogens with zero attached hydrogens (tertiary/aromatic N) is 1. The van der Waals surface area contributed by atoms with E-state index in [1.54, 1.807) is 11.9 Å². The summed E-state index contributed by atoms with van der Waals surface area (Å²) in [6.07, 6.45) is 2.83. The summed E-state index contributed by atoms with van der Waals surface area (Å²) >= 11 is 1.59. The van der Waals surface area contributed by atoms with E-state index < -0.39 is 0 Å². The number of hydrazine groups is 1. The molecule has 1 aliphatic rings. The second-order valence-corrected chi connectivity index (χ2v) is 3.18. The fourth-order valence-corrected chi connectivity index (χ4v) is 1.73. The molecule has 0 bridgehead atoms. The van der Waals surface area contributed by atoms with Crippen LogP contribution in [0, 0.1) is 0 Å². The Hall–Kier alpha value is -0.580. The van der Waals surface area contributed by atoms with Crippen LogP contribution < -0.4 is 10.3 Å². The Bertz CT molecular complexity index is 226. The van der Waals surface area contributed by atoms with E-state index in [9.17, 15) is 0 Å². The van der Waals surface area contributed by atoms with Crippen molar-refractivity contribution in [2.45, 2.75) is 11.3 Å². The summed E-state index contributed by atoms with van der Waals surface area (Å²) in [6, 6.07) is 4.03. The number of hydrogen-bond acceptors (Lipinski definition) is 4. The van der Waals surface area contributed by atoms with Crippen molar-refractivity contribution in [1.29, 1.82) is 0 Å². The fraction of sp³-hybridized carbons (Fsp3) is 0.286. The highest BCUT2D eigenvalue weighted by atomic mass is 32.2. The maximum Gasteiger partial charge on any atom is 0.0566 e. The lowest BCUT2D eigenvalue weighted by Gasteiger charge is -1.99. The molecule has 1 aromatic heterocycles. The quantitative estimate of drug-likeness (QED) is 0.559. The van der Waals surface area contributed by atoms with Gasteiger partial charge >= 0.3 is 0 Å². The van der Waals surface area contributed by atoms with Crippen LogP contribution >= 0.6 is 11.9 Å². The molecule has 0 saturated carbocycles. The average molecular weight is 167 g/mol. The third-order valence-corrected chi connectivity index (χ3v) is 2.41. The molecule has 2 rings (SSSR count). The monoisotopic (exact) mass is 167 g/mol. The standard InChI is InChI=1S/C7H9N3S/c1-2-7-6(8-4-1)3-5-9-10-11-7/h1-2,4,9-10H,3,5H2. The maximum absolute atomic E-state index is 4.28. The lowest BCUT2D eigenvalue weighted by atomic mass is 10.3. The van der Waals surface area contributed by atoms with Crippen LogP contribution in [0.3, 0.4) is 0 Å². The smallest absolute Gasteiger partial charge is 0.0566 e. The number of rotatable bonds is 0. The topological polar surface area (TPSA) is 37.0 Å². The van der Waals surface area contributed by atoms with Crippen LogP contribution in [0.5, 0.6) is 0 Å². The summed E-state index contributed by atoms with van der Waals surface area (Å²) in [5, 5.41) is 0. The van der Waals surface area contributed by atoms with Crippen molar-refractivity contribution in [2.24, 2.45) is 0 Å². The normalized spacial score (nSPS) is 17.1. The zero-order valence-corrected chi connectivity index (χ0v) is 6.82. The first-order chi connectivity index (χ1) is 5.47. The van der Waals surface area contributed by atoms with E-state index in [-0.39, 0.29) is 0 Å². The van der Waals surface area contributed by atoms with Gasteiger partial charge in [-0.05, 0) is 24.1 Å². The first-order valence-corrected chi connectivity index (χ1v) is 4.37. The molecule has 0 fully saturated rings. The van der Waals surface area contributed by atoms with Crippen LogP contribution in [0.2, 0.25) is 0 Å². The lowest BCUT2D eigenvalue weighted by molar-refractivity contribution is 0.681. The molecular weight excluding hydrogens is 158 g/mol. The minimum atomic E-state index is 0.941. The zero-order valence-electron chi connectivity index (χ0n) is 6.00. The highest BCUT2D eigenvalue weighted by Crippen LogP contribution is 2.18. The average Bonchev–Trinajstić information content (AvgIpc) is 2.28. The van der Waals surface area contributed by atoms with Crippen LogP contribution in [0.1, 0.15) is 5.69 Å². The van der Waals surface area contributed by atoms with Gasteiger partial charge in [0.25, 0.3) is 0 Å². The van der Waals surface area contributed by atoms with Crippen LogP contribution in [0.15, 0.2) is 23.2 Å². The molecule has 1 aliphatic heterocycles. The lowest BCUT2D eigenvalue weighted by Crippen LogP contribution is -2.25. The predicted molar refractivity (Wildman–Crippen MR) is 44.9 cm³/mol. The molecule has 58 valence electrons. The van der Waals surface area contributed by atoms with E-state index in [4.69, 9.17) is 0 Å². The van der Waals surface area contributed by atoms with Gasteiger partial charge in [-0.15, -0.1) is 0 Å². The van der Waals surface area contributed by atoms with Crippen LogP contribution in [-0.4, -0.2) is 11.5 Å². The molecule has 3 nitrogen and oxygen atoms in total. The third-order valence-electron chi connectivity index (χ3n) is 1.57. The maximum atomic E-state index is 4.28. The minimum Gasteiger partial charge on any atom is -0.260 e. The van der Waals surface area contributed by atoms with E-state index in [0.717, 1.165) is 13.0 Å². The van der Waals surface area contributed by atoms with Crippen LogP contribution in [-0.2, 0) is 6.42 Å². The summed E-state index contributed by atoms with van der Waals surface area (Å²) in [6.45, 7) is 0.941. The number of aromatic nitrogens is 1. The first-order valence-electron chi connectivity index (χ1n) is 3.55. The Morgan fingerprint density at radius 1 is 1.55 bits per heavy atom. The number of nitrogens with one attached hydrogen (secondary N) is 2. The van der Waals surface area contributed by atoms with E-state index in [2.05, 4.69) is 21.3 Å². The number of hydrogen-bond donors (Lipinski definition) is 2. The van der Waals surface area contributed by atoms with E-state index in [1.165, 1.54) is 10.6 Å². The summed E-state index contributed by atoms with van der Waals surface area (Å²) < 4.78 is 0. The molecule has 1 aromatic rings. The second kappa shape index (κ2) is 3.21. The molecule has 0 atom stereocenters. The van der Waals surface area contributed by atoms with Gasteiger partial charge in [-0.2, -0.15) is 4.83 Å². The molecule has 0 aliphatic carbocycles. The summed E-state index contributed by atoms with van der Waals surface area (Å²) in [5.41, 5.74) is 4.24. The van der Waals surface area contributed by atoms with Crippen molar-refractivity contribution in [3.8, 4) is 0 Å². The second-order valence-electron chi connectivity index (χ2n) is 2.33. The summed E-state index contributed by atoms with van der Waals surface area (Å²) in [4.78, 5) is 8.53. The highest BCUT2D eigenvalue weighted by molar-refractivity contribution is 7.97.